The number of piperazine rings is 1. The molecule has 0 amide bonds. The van der Waals surface area contributed by atoms with E-state index in [0.717, 1.165) is 26.2 Å². The van der Waals surface area contributed by atoms with E-state index in [-0.39, 0.29) is 16.9 Å². The van der Waals surface area contributed by atoms with Gasteiger partial charge in [0.05, 0.1) is 22.3 Å². The van der Waals surface area contributed by atoms with Crippen LogP contribution in [0.5, 0.6) is 0 Å². The topological polar surface area (TPSA) is 50.5 Å². The molecule has 1 fully saturated rings. The fraction of sp³-hybridized carbons (Fsp3) is 0.462. The minimum atomic E-state index is -0.380. The highest BCUT2D eigenvalue weighted by atomic mass is 79.9. The largest absolute Gasteiger partial charge is 0.395 e. The van der Waals surface area contributed by atoms with Crippen LogP contribution in [0.3, 0.4) is 0 Å². The van der Waals surface area contributed by atoms with Gasteiger partial charge >= 0.3 is 0 Å². The number of halogens is 2. The lowest BCUT2D eigenvalue weighted by Crippen LogP contribution is -2.47. The Labute approximate surface area is 120 Å². The highest BCUT2D eigenvalue weighted by Crippen LogP contribution is 2.29. The fourth-order valence-electron chi connectivity index (χ4n) is 2.22. The molecule has 0 aromatic heterocycles. The molecule has 4 nitrogen and oxygen atoms in total. The van der Waals surface area contributed by atoms with Gasteiger partial charge in [-0.2, -0.15) is 5.26 Å². The van der Waals surface area contributed by atoms with Gasteiger partial charge in [-0.25, -0.2) is 4.39 Å². The molecule has 1 N–H and O–H groups in total. The quantitative estimate of drug-likeness (QED) is 0.915. The molecule has 0 spiro atoms. The van der Waals surface area contributed by atoms with Crippen LogP contribution in [0, 0.1) is 17.1 Å². The van der Waals surface area contributed by atoms with Crippen LogP contribution < -0.4 is 4.90 Å². The highest BCUT2D eigenvalue weighted by molar-refractivity contribution is 9.10. The molecule has 102 valence electrons. The van der Waals surface area contributed by atoms with E-state index in [2.05, 4.69) is 20.8 Å². The maximum Gasteiger partial charge on any atom is 0.161 e. The molecule has 19 heavy (non-hydrogen) atoms. The second kappa shape index (κ2) is 6.33. The van der Waals surface area contributed by atoms with Crippen LogP contribution in [0.15, 0.2) is 16.6 Å². The average Bonchev–Trinajstić information content (AvgIpc) is 2.43. The molecule has 1 heterocycles. The minimum Gasteiger partial charge on any atom is -0.395 e. The van der Waals surface area contributed by atoms with Gasteiger partial charge in [-0.05, 0) is 28.1 Å². The van der Waals surface area contributed by atoms with E-state index < -0.39 is 0 Å². The first-order valence-corrected chi connectivity index (χ1v) is 6.93. The van der Waals surface area contributed by atoms with Crippen molar-refractivity contribution in [1.29, 1.82) is 5.26 Å². The highest BCUT2D eigenvalue weighted by Gasteiger charge is 2.21. The van der Waals surface area contributed by atoms with Crippen LogP contribution in [0.1, 0.15) is 5.56 Å². The maximum absolute atomic E-state index is 14.2. The summed E-state index contributed by atoms with van der Waals surface area (Å²) in [5, 5.41) is 17.7. The van der Waals surface area contributed by atoms with Crippen molar-refractivity contribution in [3.63, 3.8) is 0 Å². The van der Waals surface area contributed by atoms with Crippen molar-refractivity contribution in [3.8, 4) is 6.07 Å². The van der Waals surface area contributed by atoms with E-state index >= 15 is 0 Å². The molecule has 2 rings (SSSR count). The van der Waals surface area contributed by atoms with Gasteiger partial charge in [0.1, 0.15) is 6.07 Å². The smallest absolute Gasteiger partial charge is 0.161 e. The zero-order valence-corrected chi connectivity index (χ0v) is 12.0. The predicted octanol–water partition coefficient (Wildman–Crippen LogP) is 1.57. The molecule has 0 unspecified atom stereocenters. The number of anilines is 1. The van der Waals surface area contributed by atoms with Gasteiger partial charge in [-0.1, -0.05) is 0 Å². The Bertz CT molecular complexity index is 495. The van der Waals surface area contributed by atoms with Gasteiger partial charge in [0.25, 0.3) is 0 Å². The van der Waals surface area contributed by atoms with E-state index in [1.54, 1.807) is 12.1 Å². The van der Waals surface area contributed by atoms with Crippen molar-refractivity contribution in [2.75, 3.05) is 44.2 Å². The van der Waals surface area contributed by atoms with Crippen molar-refractivity contribution in [1.82, 2.24) is 4.90 Å². The van der Waals surface area contributed by atoms with Gasteiger partial charge in [0.2, 0.25) is 0 Å². The van der Waals surface area contributed by atoms with Crippen molar-refractivity contribution in [2.45, 2.75) is 0 Å². The van der Waals surface area contributed by atoms with Crippen molar-refractivity contribution >= 4 is 21.6 Å². The molecule has 1 aromatic rings. The second-order valence-corrected chi connectivity index (χ2v) is 5.22. The normalized spacial score (nSPS) is 16.4. The van der Waals surface area contributed by atoms with Gasteiger partial charge < -0.3 is 10.0 Å². The van der Waals surface area contributed by atoms with Crippen LogP contribution in [-0.2, 0) is 0 Å². The summed E-state index contributed by atoms with van der Waals surface area (Å²) in [6.45, 7) is 3.85. The Balaban J connectivity index is 2.12. The molecular weight excluding hydrogens is 313 g/mol. The third kappa shape index (κ3) is 3.06. The third-order valence-corrected chi connectivity index (χ3v) is 4.09. The fourth-order valence-corrected chi connectivity index (χ4v) is 2.65. The summed E-state index contributed by atoms with van der Waals surface area (Å²) in [6, 6.07) is 5.23. The molecule has 0 bridgehead atoms. The van der Waals surface area contributed by atoms with Crippen LogP contribution in [0.25, 0.3) is 0 Å². The summed E-state index contributed by atoms with van der Waals surface area (Å²) in [7, 11) is 0. The van der Waals surface area contributed by atoms with Gasteiger partial charge in [0, 0.05) is 32.7 Å². The van der Waals surface area contributed by atoms with Crippen LogP contribution in [0.2, 0.25) is 0 Å². The van der Waals surface area contributed by atoms with Gasteiger partial charge in [0.15, 0.2) is 5.82 Å². The van der Waals surface area contributed by atoms with E-state index in [9.17, 15) is 4.39 Å². The number of β-amino-alcohol motifs (C(OH)–C–C–N with tert-alkyl or cyclic N) is 1. The van der Waals surface area contributed by atoms with E-state index in [1.165, 1.54) is 0 Å². The SMILES string of the molecule is N#Cc1ccc(N2CCN(CCO)CC2)c(F)c1Br. The monoisotopic (exact) mass is 327 g/mol. The number of aliphatic hydroxyl groups is 1. The standard InChI is InChI=1S/C13H15BrFN3O/c14-12-10(9-16)1-2-11(13(12)15)18-5-3-17(4-6-18)7-8-19/h1-2,19H,3-8H2. The van der Waals surface area contributed by atoms with Crippen LogP contribution in [-0.4, -0.2) is 49.3 Å². The zero-order chi connectivity index (χ0) is 13.8. The van der Waals surface area contributed by atoms with E-state index in [1.807, 2.05) is 11.0 Å². The molecule has 0 aliphatic carbocycles. The first-order chi connectivity index (χ1) is 9.17. The van der Waals surface area contributed by atoms with Crippen molar-refractivity contribution in [2.24, 2.45) is 0 Å². The number of nitrogens with zero attached hydrogens (tertiary/aromatic N) is 3. The number of hydrogen-bond acceptors (Lipinski definition) is 4. The van der Waals surface area contributed by atoms with Crippen molar-refractivity contribution < 1.29 is 9.50 Å². The van der Waals surface area contributed by atoms with Crippen LogP contribution >= 0.6 is 15.9 Å². The predicted molar refractivity (Wildman–Crippen MR) is 74.6 cm³/mol. The number of hydrogen-bond donors (Lipinski definition) is 1. The second-order valence-electron chi connectivity index (χ2n) is 4.42. The Morgan fingerprint density at radius 2 is 2.00 bits per heavy atom. The molecule has 1 aliphatic rings. The summed E-state index contributed by atoms with van der Waals surface area (Å²) >= 11 is 3.13. The number of rotatable bonds is 3. The molecule has 1 aromatic carbocycles. The molecule has 1 aliphatic heterocycles. The van der Waals surface area contributed by atoms with E-state index in [0.29, 0.717) is 17.8 Å². The molecule has 0 saturated carbocycles. The Morgan fingerprint density at radius 3 is 2.58 bits per heavy atom. The van der Waals surface area contributed by atoms with Crippen molar-refractivity contribution in [3.05, 3.63) is 28.0 Å². The third-order valence-electron chi connectivity index (χ3n) is 3.31. The number of aliphatic hydroxyl groups excluding tert-OH is 1. The minimum absolute atomic E-state index is 0.150. The zero-order valence-electron chi connectivity index (χ0n) is 10.4. The van der Waals surface area contributed by atoms with Gasteiger partial charge in [-0.3, -0.25) is 4.90 Å². The Morgan fingerprint density at radius 1 is 1.32 bits per heavy atom. The summed E-state index contributed by atoms with van der Waals surface area (Å²) < 4.78 is 14.4. The summed E-state index contributed by atoms with van der Waals surface area (Å²) in [6.07, 6.45) is 0. The van der Waals surface area contributed by atoms with Gasteiger partial charge in [-0.15, -0.1) is 0 Å². The van der Waals surface area contributed by atoms with Crippen LogP contribution in [0.4, 0.5) is 10.1 Å². The molecular formula is C13H15BrFN3O. The lowest BCUT2D eigenvalue weighted by atomic mass is 10.2. The first-order valence-electron chi connectivity index (χ1n) is 6.13. The first kappa shape index (κ1) is 14.3. The average molecular weight is 328 g/mol. The summed E-state index contributed by atoms with van der Waals surface area (Å²) in [5.74, 6) is -0.380. The molecule has 0 radical (unpaired) electrons. The lowest BCUT2D eigenvalue weighted by molar-refractivity contribution is 0.188. The number of nitriles is 1. The number of benzene rings is 1. The molecule has 0 atom stereocenters. The molecule has 6 heteroatoms. The van der Waals surface area contributed by atoms with E-state index in [4.69, 9.17) is 10.4 Å². The lowest BCUT2D eigenvalue weighted by Gasteiger charge is -2.36. The summed E-state index contributed by atoms with van der Waals surface area (Å²) in [5.41, 5.74) is 0.828. The summed E-state index contributed by atoms with van der Waals surface area (Å²) in [4.78, 5) is 4.11. The maximum atomic E-state index is 14.2. The Hall–Kier alpha value is -1.16. The Kier molecular flexibility index (Phi) is 4.75. The molecule has 1 saturated heterocycles.